The third-order valence-electron chi connectivity index (χ3n) is 3.03. The molecule has 2 rings (SSSR count). The van der Waals surface area contributed by atoms with Crippen LogP contribution in [-0.2, 0) is 4.79 Å². The molecule has 3 nitrogen and oxygen atoms in total. The zero-order valence-corrected chi connectivity index (χ0v) is 13.5. The van der Waals surface area contributed by atoms with Gasteiger partial charge in [0.2, 0.25) is 5.91 Å². The molecule has 1 amide bonds. The first kappa shape index (κ1) is 15.7. The second kappa shape index (κ2) is 6.87. The lowest BCUT2D eigenvalue weighted by Gasteiger charge is -2.10. The van der Waals surface area contributed by atoms with Gasteiger partial charge in [-0.05, 0) is 55.3 Å². The topological polar surface area (TPSA) is 55.1 Å². The lowest BCUT2D eigenvalue weighted by Crippen LogP contribution is -2.14. The molecule has 0 aliphatic carbocycles. The third-order valence-corrected chi connectivity index (χ3v) is 4.44. The third kappa shape index (κ3) is 4.41. The largest absolute Gasteiger partial charge is 0.399 e. The molecule has 2 aromatic carbocycles. The van der Waals surface area contributed by atoms with Crippen LogP contribution in [0.2, 0.25) is 5.02 Å². The summed E-state index contributed by atoms with van der Waals surface area (Å²) in [6.45, 7) is 3.92. The van der Waals surface area contributed by atoms with Crippen molar-refractivity contribution < 1.29 is 4.79 Å². The van der Waals surface area contributed by atoms with Gasteiger partial charge in [0.15, 0.2) is 0 Å². The van der Waals surface area contributed by atoms with Gasteiger partial charge >= 0.3 is 0 Å². The van der Waals surface area contributed by atoms with Gasteiger partial charge in [-0.3, -0.25) is 4.79 Å². The molecule has 0 saturated heterocycles. The number of halogens is 1. The second-order valence-electron chi connectivity index (χ2n) is 4.82. The molecule has 0 bridgehead atoms. The molecule has 0 aliphatic rings. The molecular weight excluding hydrogens is 304 g/mol. The number of aryl methyl sites for hydroxylation is 2. The van der Waals surface area contributed by atoms with Crippen LogP contribution in [-0.4, -0.2) is 11.7 Å². The van der Waals surface area contributed by atoms with Gasteiger partial charge in [0.05, 0.1) is 5.75 Å². The highest BCUT2D eigenvalue weighted by Crippen LogP contribution is 2.25. The minimum absolute atomic E-state index is 0.0541. The maximum atomic E-state index is 12.0. The minimum atomic E-state index is -0.0541. The van der Waals surface area contributed by atoms with Crippen LogP contribution >= 0.6 is 23.4 Å². The standard InChI is InChI=1S/C16H17ClN2OS/c1-10-3-4-12(17)8-14(10)19-16(20)9-21-15-6-5-13(18)7-11(15)2/h3-8H,9,18H2,1-2H3,(H,19,20). The van der Waals surface area contributed by atoms with Crippen LogP contribution in [0.3, 0.4) is 0 Å². The molecule has 2 aromatic rings. The normalized spacial score (nSPS) is 10.4. The first-order chi connectivity index (χ1) is 9.95. The molecule has 0 aromatic heterocycles. The summed E-state index contributed by atoms with van der Waals surface area (Å²) in [6, 6.07) is 11.1. The fraction of sp³-hybridized carbons (Fsp3) is 0.188. The Labute approximate surface area is 133 Å². The Morgan fingerprint density at radius 1 is 1.19 bits per heavy atom. The van der Waals surface area contributed by atoms with Crippen molar-refractivity contribution in [3.63, 3.8) is 0 Å². The van der Waals surface area contributed by atoms with E-state index in [4.69, 9.17) is 17.3 Å². The zero-order valence-electron chi connectivity index (χ0n) is 11.9. The van der Waals surface area contributed by atoms with Crippen molar-refractivity contribution in [3.05, 3.63) is 52.5 Å². The monoisotopic (exact) mass is 320 g/mol. The number of amides is 1. The zero-order chi connectivity index (χ0) is 15.4. The Bertz CT molecular complexity index is 673. The number of thioether (sulfide) groups is 1. The predicted octanol–water partition coefficient (Wildman–Crippen LogP) is 4.27. The number of nitrogen functional groups attached to an aromatic ring is 1. The Morgan fingerprint density at radius 2 is 1.95 bits per heavy atom. The van der Waals surface area contributed by atoms with E-state index in [0.717, 1.165) is 27.4 Å². The van der Waals surface area contributed by atoms with Gasteiger partial charge in [0, 0.05) is 21.3 Å². The van der Waals surface area contributed by atoms with E-state index in [-0.39, 0.29) is 5.91 Å². The number of nitrogens with one attached hydrogen (secondary N) is 1. The molecular formula is C16H17ClN2OS. The van der Waals surface area contributed by atoms with Crippen LogP contribution in [0.4, 0.5) is 11.4 Å². The lowest BCUT2D eigenvalue weighted by molar-refractivity contribution is -0.113. The van der Waals surface area contributed by atoms with E-state index < -0.39 is 0 Å². The van der Waals surface area contributed by atoms with Gasteiger partial charge in [-0.2, -0.15) is 0 Å². The van der Waals surface area contributed by atoms with Gasteiger partial charge in [0.1, 0.15) is 0 Å². The molecule has 0 unspecified atom stereocenters. The number of hydrogen-bond acceptors (Lipinski definition) is 3. The average molecular weight is 321 g/mol. The van der Waals surface area contributed by atoms with Crippen molar-refractivity contribution in [2.45, 2.75) is 18.7 Å². The van der Waals surface area contributed by atoms with Crippen LogP contribution < -0.4 is 11.1 Å². The molecule has 5 heteroatoms. The highest BCUT2D eigenvalue weighted by molar-refractivity contribution is 8.00. The van der Waals surface area contributed by atoms with Crippen molar-refractivity contribution >= 4 is 40.6 Å². The molecule has 0 radical (unpaired) electrons. The molecule has 0 heterocycles. The van der Waals surface area contributed by atoms with Crippen molar-refractivity contribution in [1.82, 2.24) is 0 Å². The van der Waals surface area contributed by atoms with Crippen LogP contribution in [0, 0.1) is 13.8 Å². The first-order valence-corrected chi connectivity index (χ1v) is 7.87. The van der Waals surface area contributed by atoms with Crippen molar-refractivity contribution in [1.29, 1.82) is 0 Å². The van der Waals surface area contributed by atoms with Crippen molar-refractivity contribution in [2.75, 3.05) is 16.8 Å². The van der Waals surface area contributed by atoms with Gasteiger partial charge < -0.3 is 11.1 Å². The van der Waals surface area contributed by atoms with Gasteiger partial charge in [-0.15, -0.1) is 11.8 Å². The molecule has 0 atom stereocenters. The predicted molar refractivity (Wildman–Crippen MR) is 91.1 cm³/mol. The summed E-state index contributed by atoms with van der Waals surface area (Å²) < 4.78 is 0. The molecule has 110 valence electrons. The summed E-state index contributed by atoms with van der Waals surface area (Å²) in [5, 5.41) is 3.49. The molecule has 3 N–H and O–H groups in total. The highest BCUT2D eigenvalue weighted by Gasteiger charge is 2.07. The van der Waals surface area contributed by atoms with E-state index in [9.17, 15) is 4.79 Å². The van der Waals surface area contributed by atoms with Gasteiger partial charge in [-0.1, -0.05) is 17.7 Å². The second-order valence-corrected chi connectivity index (χ2v) is 6.27. The number of anilines is 2. The van der Waals surface area contributed by atoms with Crippen molar-refractivity contribution in [3.8, 4) is 0 Å². The fourth-order valence-corrected chi connectivity index (χ4v) is 2.87. The molecule has 0 spiro atoms. The summed E-state index contributed by atoms with van der Waals surface area (Å²) in [4.78, 5) is 13.1. The quantitative estimate of drug-likeness (QED) is 0.653. The maximum Gasteiger partial charge on any atom is 0.234 e. The fourth-order valence-electron chi connectivity index (χ4n) is 1.89. The number of nitrogens with two attached hydrogens (primary N) is 1. The Balaban J connectivity index is 1.97. The van der Waals surface area contributed by atoms with E-state index in [1.807, 2.05) is 38.1 Å². The van der Waals surface area contributed by atoms with E-state index in [1.165, 1.54) is 11.8 Å². The van der Waals surface area contributed by atoms with E-state index >= 15 is 0 Å². The number of hydrogen-bond donors (Lipinski definition) is 2. The minimum Gasteiger partial charge on any atom is -0.399 e. The first-order valence-electron chi connectivity index (χ1n) is 6.50. The summed E-state index contributed by atoms with van der Waals surface area (Å²) >= 11 is 7.43. The highest BCUT2D eigenvalue weighted by atomic mass is 35.5. The van der Waals surface area contributed by atoms with Crippen LogP contribution in [0.5, 0.6) is 0 Å². The van der Waals surface area contributed by atoms with E-state index in [1.54, 1.807) is 12.1 Å². The van der Waals surface area contributed by atoms with Crippen LogP contribution in [0.25, 0.3) is 0 Å². The van der Waals surface area contributed by atoms with Crippen LogP contribution in [0.1, 0.15) is 11.1 Å². The molecule has 0 aliphatic heterocycles. The molecule has 0 saturated carbocycles. The van der Waals surface area contributed by atoms with Gasteiger partial charge in [-0.25, -0.2) is 0 Å². The Hall–Kier alpha value is -1.65. The summed E-state index contributed by atoms with van der Waals surface area (Å²) in [5.41, 5.74) is 9.26. The number of rotatable bonds is 4. The number of carbonyl (C=O) groups is 1. The molecule has 21 heavy (non-hydrogen) atoms. The summed E-state index contributed by atoms with van der Waals surface area (Å²) in [5.74, 6) is 0.290. The lowest BCUT2D eigenvalue weighted by atomic mass is 10.2. The van der Waals surface area contributed by atoms with Crippen molar-refractivity contribution in [2.24, 2.45) is 0 Å². The summed E-state index contributed by atoms with van der Waals surface area (Å²) in [7, 11) is 0. The molecule has 0 fully saturated rings. The number of carbonyl (C=O) groups excluding carboxylic acids is 1. The maximum absolute atomic E-state index is 12.0. The Kier molecular flexibility index (Phi) is 5.15. The van der Waals surface area contributed by atoms with Gasteiger partial charge in [0.25, 0.3) is 0 Å². The van der Waals surface area contributed by atoms with E-state index in [2.05, 4.69) is 5.32 Å². The van der Waals surface area contributed by atoms with E-state index in [0.29, 0.717) is 10.8 Å². The number of benzene rings is 2. The smallest absolute Gasteiger partial charge is 0.234 e. The average Bonchev–Trinajstić information content (AvgIpc) is 2.42. The van der Waals surface area contributed by atoms with Crippen LogP contribution in [0.15, 0.2) is 41.3 Å². The SMILES string of the molecule is Cc1ccc(Cl)cc1NC(=O)CSc1ccc(N)cc1C. The Morgan fingerprint density at radius 3 is 2.67 bits per heavy atom. The summed E-state index contributed by atoms with van der Waals surface area (Å²) in [6.07, 6.45) is 0.